The van der Waals surface area contributed by atoms with Gasteiger partial charge in [-0.2, -0.15) is 5.06 Å². The quantitative estimate of drug-likeness (QED) is 0.0562. The Hall–Kier alpha value is -0.480. The Bertz CT molecular complexity index is 609. The Balaban J connectivity index is 3.13. The summed E-state index contributed by atoms with van der Waals surface area (Å²) in [5.74, 6) is 0. The summed E-state index contributed by atoms with van der Waals surface area (Å²) >= 11 is 0. The second-order valence-corrected chi connectivity index (χ2v) is 12.7. The number of hydrogen-bond donors (Lipinski definition) is 1. The maximum atomic E-state index is 8.59. The summed E-state index contributed by atoms with van der Waals surface area (Å²) in [5, 5.41) is 10.5. The van der Waals surface area contributed by atoms with Gasteiger partial charge in [-0.05, 0) is 6.42 Å². The van der Waals surface area contributed by atoms with E-state index in [1.54, 1.807) is 0 Å². The highest BCUT2D eigenvalue weighted by molar-refractivity contribution is 4.51. The van der Waals surface area contributed by atoms with Gasteiger partial charge in [0.2, 0.25) is 0 Å². The molecule has 0 spiro atoms. The van der Waals surface area contributed by atoms with Crippen molar-refractivity contribution in [2.24, 2.45) is 0 Å². The van der Waals surface area contributed by atoms with E-state index in [-0.39, 0.29) is 6.61 Å². The molecule has 0 aromatic heterocycles. The van der Waals surface area contributed by atoms with Gasteiger partial charge in [0.05, 0.1) is 132 Å². The summed E-state index contributed by atoms with van der Waals surface area (Å²) in [6.45, 7) is 13.0. The van der Waals surface area contributed by atoms with E-state index < -0.39 is 0 Å². The topological polar surface area (TPSA) is 116 Å². The van der Waals surface area contributed by atoms with E-state index in [1.807, 2.05) is 12.1 Å². The minimum Gasteiger partial charge on any atom is -0.394 e. The molecule has 0 aliphatic heterocycles. The van der Waals surface area contributed by atoms with Gasteiger partial charge in [-0.15, -0.1) is 0 Å². The lowest BCUT2D eigenvalue weighted by Crippen LogP contribution is -2.23. The molecular weight excluding hydrogens is 658 g/mol. The normalized spacial score (nSPS) is 11.8. The number of unbranched alkanes of at least 4 members (excludes halogenated alkanes) is 15. The Morgan fingerprint density at radius 2 is 0.549 bits per heavy atom. The zero-order valence-electron chi connectivity index (χ0n) is 33.1. The van der Waals surface area contributed by atoms with Gasteiger partial charge < -0.3 is 47.7 Å². The molecule has 0 saturated carbocycles. The molecule has 0 aromatic carbocycles. The Morgan fingerprint density at radius 3 is 0.824 bits per heavy atom. The van der Waals surface area contributed by atoms with Crippen LogP contribution in [0.4, 0.5) is 0 Å². The number of ether oxygens (including phenoxy) is 9. The highest BCUT2D eigenvalue weighted by Gasteiger charge is 2.00. The largest absolute Gasteiger partial charge is 0.394 e. The fourth-order valence-corrected chi connectivity index (χ4v) is 5.13. The average molecular weight is 740 g/mol. The summed E-state index contributed by atoms with van der Waals surface area (Å²) in [7, 11) is 2.01. The van der Waals surface area contributed by atoms with Gasteiger partial charge in [-0.3, -0.25) is 4.84 Å². The maximum Gasteiger partial charge on any atom is 0.0918 e. The molecule has 0 saturated heterocycles. The fraction of sp³-hybridized carbons (Fsp3) is 1.00. The van der Waals surface area contributed by atoms with Gasteiger partial charge in [-0.1, -0.05) is 103 Å². The molecule has 0 fully saturated rings. The molecule has 0 bridgehead atoms. The maximum absolute atomic E-state index is 8.59. The molecule has 1 N–H and O–H groups in total. The van der Waals surface area contributed by atoms with Gasteiger partial charge in [0.25, 0.3) is 0 Å². The summed E-state index contributed by atoms with van der Waals surface area (Å²) in [4.78, 5) is 5.73. The van der Waals surface area contributed by atoms with Crippen LogP contribution in [0, 0.1) is 0 Å². The van der Waals surface area contributed by atoms with E-state index in [0.29, 0.717) is 126 Å². The summed E-state index contributed by atoms with van der Waals surface area (Å²) in [6.07, 6.45) is 22.2. The van der Waals surface area contributed by atoms with E-state index in [9.17, 15) is 0 Å². The van der Waals surface area contributed by atoms with Crippen LogP contribution in [0.15, 0.2) is 0 Å². The summed E-state index contributed by atoms with van der Waals surface area (Å²) in [6, 6.07) is 0. The number of aliphatic hydroxyl groups is 1. The predicted octanol–water partition coefficient (Wildman–Crippen LogP) is 6.25. The Morgan fingerprint density at radius 1 is 0.314 bits per heavy atom. The third kappa shape index (κ3) is 47.5. The monoisotopic (exact) mass is 740 g/mol. The molecule has 51 heavy (non-hydrogen) atoms. The lowest BCUT2D eigenvalue weighted by molar-refractivity contribution is -0.153. The highest BCUT2D eigenvalue weighted by Crippen LogP contribution is 2.13. The molecule has 0 heterocycles. The van der Waals surface area contributed by atoms with Crippen molar-refractivity contribution in [2.45, 2.75) is 110 Å². The van der Waals surface area contributed by atoms with E-state index in [1.165, 1.54) is 103 Å². The smallest absolute Gasteiger partial charge is 0.0918 e. The van der Waals surface area contributed by atoms with Gasteiger partial charge >= 0.3 is 0 Å². The zero-order chi connectivity index (χ0) is 36.8. The fourth-order valence-electron chi connectivity index (χ4n) is 5.13. The van der Waals surface area contributed by atoms with E-state index in [0.717, 1.165) is 6.54 Å². The highest BCUT2D eigenvalue weighted by atomic mass is 16.7. The van der Waals surface area contributed by atoms with Crippen LogP contribution in [0.5, 0.6) is 0 Å². The average Bonchev–Trinajstić information content (AvgIpc) is 3.14. The summed E-state index contributed by atoms with van der Waals surface area (Å²) in [5.41, 5.74) is 0. The predicted molar refractivity (Wildman–Crippen MR) is 203 cm³/mol. The van der Waals surface area contributed by atoms with Crippen molar-refractivity contribution < 1.29 is 52.6 Å². The number of aliphatic hydroxyl groups excluding tert-OH is 1. The minimum atomic E-state index is 0.0294. The van der Waals surface area contributed by atoms with Crippen LogP contribution >= 0.6 is 0 Å². The van der Waals surface area contributed by atoms with Crippen LogP contribution in [0.3, 0.4) is 0 Å². The first-order chi connectivity index (χ1) is 25.3. The molecule has 0 atom stereocenters. The van der Waals surface area contributed by atoms with Gasteiger partial charge in [-0.25, -0.2) is 0 Å². The Kier molecular flexibility index (Phi) is 47.1. The first-order valence-corrected chi connectivity index (χ1v) is 20.5. The number of nitrogens with zero attached hydrogens (tertiary/aromatic N) is 1. The second-order valence-electron chi connectivity index (χ2n) is 12.7. The number of hydroxylamine groups is 2. The van der Waals surface area contributed by atoms with Gasteiger partial charge in [0.15, 0.2) is 0 Å². The molecule has 12 heteroatoms. The Labute approximate surface area is 312 Å². The van der Waals surface area contributed by atoms with Crippen LogP contribution in [0.1, 0.15) is 110 Å². The van der Waals surface area contributed by atoms with Crippen LogP contribution in [-0.2, 0) is 47.5 Å². The van der Waals surface area contributed by atoms with Crippen LogP contribution in [0.2, 0.25) is 0 Å². The standard InChI is InChI=1S/C39H81NO11/c1-3-4-5-6-7-8-9-10-11-12-13-14-15-16-17-18-19-40(2)51-39-38-50-37-36-49-35-34-48-33-32-47-31-30-46-29-28-45-27-26-44-25-24-43-23-22-42-21-20-41/h41H,3-39H2,1-2H3. The van der Waals surface area contributed by atoms with Gasteiger partial charge in [0.1, 0.15) is 0 Å². The zero-order valence-corrected chi connectivity index (χ0v) is 33.1. The van der Waals surface area contributed by atoms with E-state index in [2.05, 4.69) is 6.92 Å². The molecular formula is C39H81NO11. The summed E-state index contributed by atoms with van der Waals surface area (Å²) < 4.78 is 49.0. The lowest BCUT2D eigenvalue weighted by atomic mass is 10.0. The second kappa shape index (κ2) is 47.5. The molecule has 0 unspecified atom stereocenters. The molecule has 0 aliphatic rings. The third-order valence-electron chi connectivity index (χ3n) is 8.08. The van der Waals surface area contributed by atoms with E-state index >= 15 is 0 Å². The van der Waals surface area contributed by atoms with E-state index in [4.69, 9.17) is 52.6 Å². The molecule has 0 radical (unpaired) electrons. The first kappa shape index (κ1) is 50.5. The number of rotatable bonds is 47. The molecule has 0 amide bonds. The van der Waals surface area contributed by atoms with Crippen molar-refractivity contribution in [3.8, 4) is 0 Å². The molecule has 308 valence electrons. The first-order valence-electron chi connectivity index (χ1n) is 20.5. The van der Waals surface area contributed by atoms with Crippen molar-refractivity contribution in [1.82, 2.24) is 5.06 Å². The van der Waals surface area contributed by atoms with Crippen LogP contribution in [-0.4, -0.2) is 156 Å². The minimum absolute atomic E-state index is 0.0294. The van der Waals surface area contributed by atoms with Gasteiger partial charge in [0, 0.05) is 13.6 Å². The number of hydrogen-bond acceptors (Lipinski definition) is 12. The molecule has 0 rings (SSSR count). The van der Waals surface area contributed by atoms with Crippen molar-refractivity contribution in [3.05, 3.63) is 0 Å². The SMILES string of the molecule is CCCCCCCCCCCCCCCCCCN(C)OCCOCCOCCOCCOCCOCCOCCOCCOCCOCCO. The van der Waals surface area contributed by atoms with Crippen LogP contribution in [0.25, 0.3) is 0 Å². The third-order valence-corrected chi connectivity index (χ3v) is 8.08. The van der Waals surface area contributed by atoms with Crippen molar-refractivity contribution in [3.63, 3.8) is 0 Å². The van der Waals surface area contributed by atoms with Crippen molar-refractivity contribution in [1.29, 1.82) is 0 Å². The van der Waals surface area contributed by atoms with Crippen molar-refractivity contribution >= 4 is 0 Å². The van der Waals surface area contributed by atoms with Crippen LogP contribution < -0.4 is 0 Å². The molecule has 0 aromatic rings. The lowest BCUT2D eigenvalue weighted by Gasteiger charge is -2.16. The van der Waals surface area contributed by atoms with Crippen molar-refractivity contribution in [2.75, 3.05) is 146 Å². The molecule has 0 aliphatic carbocycles. The molecule has 12 nitrogen and oxygen atoms in total.